The van der Waals surface area contributed by atoms with Gasteiger partial charge in [0.25, 0.3) is 0 Å². The SMILES string of the molecule is Oc1ccccc1-c1[c]n[nH]c1. The van der Waals surface area contributed by atoms with Crippen LogP contribution >= 0.6 is 0 Å². The molecule has 59 valence electrons. The molecule has 3 nitrogen and oxygen atoms in total. The van der Waals surface area contributed by atoms with Crippen molar-refractivity contribution in [3.63, 3.8) is 0 Å². The van der Waals surface area contributed by atoms with Crippen molar-refractivity contribution in [1.82, 2.24) is 10.2 Å². The van der Waals surface area contributed by atoms with Crippen molar-refractivity contribution in [3.8, 4) is 16.9 Å². The van der Waals surface area contributed by atoms with Crippen molar-refractivity contribution >= 4 is 0 Å². The molecule has 2 rings (SSSR count). The summed E-state index contributed by atoms with van der Waals surface area (Å²) in [4.78, 5) is 0. The topological polar surface area (TPSA) is 48.9 Å². The normalized spacial score (nSPS) is 10.0. The Morgan fingerprint density at radius 2 is 2.17 bits per heavy atom. The van der Waals surface area contributed by atoms with Crippen LogP contribution in [0.15, 0.2) is 30.5 Å². The predicted molar refractivity (Wildman–Crippen MR) is 44.5 cm³/mol. The molecule has 0 atom stereocenters. The lowest BCUT2D eigenvalue weighted by Crippen LogP contribution is -1.74. The van der Waals surface area contributed by atoms with E-state index >= 15 is 0 Å². The average Bonchev–Trinajstić information content (AvgIpc) is 2.57. The third-order valence-corrected chi connectivity index (χ3v) is 1.64. The zero-order valence-electron chi connectivity index (χ0n) is 6.28. The highest BCUT2D eigenvalue weighted by Crippen LogP contribution is 2.26. The quantitative estimate of drug-likeness (QED) is 0.663. The molecule has 12 heavy (non-hydrogen) atoms. The summed E-state index contributed by atoms with van der Waals surface area (Å²) in [6.45, 7) is 0. The number of nitrogens with zero attached hydrogens (tertiary/aromatic N) is 1. The highest BCUT2D eigenvalue weighted by molar-refractivity contribution is 5.67. The molecule has 2 aromatic rings. The number of phenols is 1. The zero-order chi connectivity index (χ0) is 8.39. The third-order valence-electron chi connectivity index (χ3n) is 1.64. The van der Waals surface area contributed by atoms with Crippen LogP contribution in [-0.2, 0) is 0 Å². The van der Waals surface area contributed by atoms with Gasteiger partial charge >= 0.3 is 0 Å². The molecule has 1 radical (unpaired) electrons. The smallest absolute Gasteiger partial charge is 0.123 e. The lowest BCUT2D eigenvalue weighted by Gasteiger charge is -1.98. The molecule has 0 aliphatic rings. The molecule has 0 bridgehead atoms. The van der Waals surface area contributed by atoms with Gasteiger partial charge in [-0.15, -0.1) is 0 Å². The van der Waals surface area contributed by atoms with Gasteiger partial charge in [-0.3, -0.25) is 5.10 Å². The van der Waals surface area contributed by atoms with Crippen molar-refractivity contribution in [1.29, 1.82) is 0 Å². The summed E-state index contributed by atoms with van der Waals surface area (Å²) in [5.74, 6) is 0.246. The maximum Gasteiger partial charge on any atom is 0.123 e. The van der Waals surface area contributed by atoms with Gasteiger partial charge in [-0.05, 0) is 6.07 Å². The standard InChI is InChI=1S/C9H7N2O/c12-9-4-2-1-3-8(9)7-5-10-11-6-7/h1-5,12H,(H,10,11). The first kappa shape index (κ1) is 6.91. The first-order chi connectivity index (χ1) is 5.88. The Bertz CT molecular complexity index is 368. The summed E-state index contributed by atoms with van der Waals surface area (Å²) in [6.07, 6.45) is 4.42. The van der Waals surface area contributed by atoms with Crippen LogP contribution in [0.3, 0.4) is 0 Å². The number of aromatic amines is 1. The number of hydrogen-bond acceptors (Lipinski definition) is 2. The minimum Gasteiger partial charge on any atom is -0.507 e. The van der Waals surface area contributed by atoms with Gasteiger partial charge in [-0.25, -0.2) is 0 Å². The molecule has 2 N–H and O–H groups in total. The molecule has 0 aliphatic carbocycles. The van der Waals surface area contributed by atoms with Crippen LogP contribution in [0.4, 0.5) is 0 Å². The van der Waals surface area contributed by atoms with E-state index in [0.717, 1.165) is 11.1 Å². The van der Waals surface area contributed by atoms with Crippen molar-refractivity contribution in [3.05, 3.63) is 36.7 Å². The molecule has 0 saturated carbocycles. The van der Waals surface area contributed by atoms with E-state index in [1.54, 1.807) is 18.3 Å². The summed E-state index contributed by atoms with van der Waals surface area (Å²) in [5, 5.41) is 15.7. The fraction of sp³-hybridized carbons (Fsp3) is 0. The molecule has 0 amide bonds. The van der Waals surface area contributed by atoms with E-state index in [1.807, 2.05) is 12.1 Å². The van der Waals surface area contributed by atoms with Gasteiger partial charge in [0, 0.05) is 17.3 Å². The summed E-state index contributed by atoms with van der Waals surface area (Å²) in [7, 11) is 0. The first-order valence-electron chi connectivity index (χ1n) is 3.58. The van der Waals surface area contributed by atoms with Crippen molar-refractivity contribution < 1.29 is 5.11 Å². The van der Waals surface area contributed by atoms with Crippen molar-refractivity contribution in [2.45, 2.75) is 0 Å². The van der Waals surface area contributed by atoms with Gasteiger partial charge in [0.1, 0.15) is 11.9 Å². The van der Waals surface area contributed by atoms with E-state index in [-0.39, 0.29) is 5.75 Å². The van der Waals surface area contributed by atoms with Crippen LogP contribution in [0.5, 0.6) is 5.75 Å². The number of aromatic hydroxyl groups is 1. The minimum absolute atomic E-state index is 0.246. The monoisotopic (exact) mass is 159 g/mol. The van der Waals surface area contributed by atoms with Crippen LogP contribution < -0.4 is 0 Å². The van der Waals surface area contributed by atoms with Gasteiger partial charge in [0.2, 0.25) is 0 Å². The molecule has 1 aromatic carbocycles. The number of para-hydroxylation sites is 1. The molecular weight excluding hydrogens is 152 g/mol. The van der Waals surface area contributed by atoms with Crippen molar-refractivity contribution in [2.75, 3.05) is 0 Å². The Labute approximate surface area is 69.7 Å². The molecule has 0 aliphatic heterocycles. The van der Waals surface area contributed by atoms with E-state index in [2.05, 4.69) is 16.4 Å². The predicted octanol–water partition coefficient (Wildman–Crippen LogP) is 1.58. The molecule has 1 heterocycles. The fourth-order valence-electron chi connectivity index (χ4n) is 1.06. The number of rotatable bonds is 1. The number of aromatic nitrogens is 2. The van der Waals surface area contributed by atoms with Crippen LogP contribution in [0.1, 0.15) is 0 Å². The third kappa shape index (κ3) is 1.05. The van der Waals surface area contributed by atoms with Crippen LogP contribution in [0.2, 0.25) is 0 Å². The van der Waals surface area contributed by atoms with E-state index in [1.165, 1.54) is 0 Å². The Morgan fingerprint density at radius 3 is 2.83 bits per heavy atom. The zero-order valence-corrected chi connectivity index (χ0v) is 6.28. The Balaban J connectivity index is 2.55. The van der Waals surface area contributed by atoms with E-state index < -0.39 is 0 Å². The average molecular weight is 159 g/mol. The largest absolute Gasteiger partial charge is 0.507 e. The maximum atomic E-state index is 9.42. The maximum absolute atomic E-state index is 9.42. The molecule has 0 saturated heterocycles. The molecule has 0 unspecified atom stereocenters. The second-order valence-electron chi connectivity index (χ2n) is 2.43. The Morgan fingerprint density at radius 1 is 1.33 bits per heavy atom. The summed E-state index contributed by atoms with van der Waals surface area (Å²) in [5.41, 5.74) is 1.51. The number of benzene rings is 1. The first-order valence-corrected chi connectivity index (χ1v) is 3.58. The van der Waals surface area contributed by atoms with E-state index in [0.29, 0.717) is 0 Å². The Kier molecular flexibility index (Phi) is 1.55. The number of H-pyrrole nitrogens is 1. The van der Waals surface area contributed by atoms with E-state index in [9.17, 15) is 5.11 Å². The van der Waals surface area contributed by atoms with Crippen molar-refractivity contribution in [2.24, 2.45) is 0 Å². The summed E-state index contributed by atoms with van der Waals surface area (Å²) >= 11 is 0. The van der Waals surface area contributed by atoms with Crippen LogP contribution in [0.25, 0.3) is 11.1 Å². The summed E-state index contributed by atoms with van der Waals surface area (Å²) in [6, 6.07) is 7.08. The van der Waals surface area contributed by atoms with Crippen LogP contribution in [-0.4, -0.2) is 15.3 Å². The molecular formula is C9H7N2O. The molecule has 0 spiro atoms. The second-order valence-corrected chi connectivity index (χ2v) is 2.43. The number of phenolic OH excluding ortho intramolecular Hbond substituents is 1. The van der Waals surface area contributed by atoms with Gasteiger partial charge in [-0.1, -0.05) is 18.2 Å². The lowest BCUT2D eigenvalue weighted by atomic mass is 10.1. The summed E-state index contributed by atoms with van der Waals surface area (Å²) < 4.78 is 0. The van der Waals surface area contributed by atoms with Gasteiger partial charge in [-0.2, -0.15) is 5.10 Å². The molecule has 1 aromatic heterocycles. The molecule has 0 fully saturated rings. The highest BCUT2D eigenvalue weighted by Gasteiger charge is 2.02. The number of nitrogens with one attached hydrogen (secondary N) is 1. The second kappa shape index (κ2) is 2.70. The highest BCUT2D eigenvalue weighted by atomic mass is 16.3. The van der Waals surface area contributed by atoms with Crippen LogP contribution in [0, 0.1) is 6.20 Å². The number of hydrogen-bond donors (Lipinski definition) is 2. The molecule has 3 heteroatoms. The fourth-order valence-corrected chi connectivity index (χ4v) is 1.06. The lowest BCUT2D eigenvalue weighted by molar-refractivity contribution is 0.477. The van der Waals surface area contributed by atoms with Gasteiger partial charge in [0.15, 0.2) is 0 Å². The van der Waals surface area contributed by atoms with Gasteiger partial charge < -0.3 is 5.11 Å². The van der Waals surface area contributed by atoms with E-state index in [4.69, 9.17) is 0 Å². The minimum atomic E-state index is 0.246. The Hall–Kier alpha value is -1.77. The van der Waals surface area contributed by atoms with Gasteiger partial charge in [0.05, 0.1) is 0 Å².